The Morgan fingerprint density at radius 1 is 1.27 bits per heavy atom. The summed E-state index contributed by atoms with van der Waals surface area (Å²) in [5.74, 6) is 1.66. The predicted molar refractivity (Wildman–Crippen MR) is 119 cm³/mol. The van der Waals surface area contributed by atoms with Crippen LogP contribution in [0.2, 0.25) is 0 Å². The second-order valence-corrected chi connectivity index (χ2v) is 8.31. The fraction of sp³-hybridized carbons (Fsp3) is 0.500. The molecule has 1 aromatic carbocycles. The van der Waals surface area contributed by atoms with Gasteiger partial charge in [0.25, 0.3) is 0 Å². The van der Waals surface area contributed by atoms with Crippen molar-refractivity contribution in [3.8, 4) is 5.75 Å². The monoisotopic (exact) mass is 472 g/mol. The number of nitrogens with zero attached hydrogens (tertiary/aromatic N) is 3. The molecule has 0 saturated carbocycles. The molecule has 0 aliphatic carbocycles. The number of pyridine rings is 1. The second-order valence-electron chi connectivity index (χ2n) is 7.42. The van der Waals surface area contributed by atoms with E-state index in [0.29, 0.717) is 26.4 Å². The van der Waals surface area contributed by atoms with Gasteiger partial charge in [0.05, 0.1) is 0 Å². The number of carbonyl (C=O) groups is 1. The molecule has 0 fully saturated rings. The molecule has 0 aliphatic rings. The summed E-state index contributed by atoms with van der Waals surface area (Å²) in [6.45, 7) is 10.8. The zero-order valence-corrected chi connectivity index (χ0v) is 19.9. The minimum absolute atomic E-state index is 0.0296. The van der Waals surface area contributed by atoms with Crippen LogP contribution in [0.3, 0.4) is 0 Å². The van der Waals surface area contributed by atoms with Crippen LogP contribution in [0.1, 0.15) is 39.9 Å². The van der Waals surface area contributed by atoms with Gasteiger partial charge < -0.3 is 0 Å². The fourth-order valence-corrected chi connectivity index (χ4v) is 3.86. The average molecular weight is 472 g/mol. The number of amides is 1. The summed E-state index contributed by atoms with van der Waals surface area (Å²) in [6.07, 6.45) is 0.994. The molecule has 0 spiro atoms. The Balaban J connectivity index is 1.94. The molecule has 2 aromatic heterocycles. The van der Waals surface area contributed by atoms with Crippen molar-refractivity contribution in [2.45, 2.75) is 47.3 Å². The van der Waals surface area contributed by atoms with Crippen LogP contribution in [0.25, 0.3) is 21.9 Å². The summed E-state index contributed by atoms with van der Waals surface area (Å²) in [7, 11) is 0. The van der Waals surface area contributed by atoms with Crippen molar-refractivity contribution in [1.29, 1.82) is 0 Å². The summed E-state index contributed by atoms with van der Waals surface area (Å²) < 4.78 is 14.6. The van der Waals surface area contributed by atoms with E-state index in [2.05, 4.69) is 33.7 Å². The standard InChI is InChI=1S/C22H29AsN4O3/c1-5-10-27-18(13-29-6-2)26-19-20(27)16-12-15(7-8-17(16)25-21(19)23)30-11-9-24-22(28)14(3)4/h7-8,12,14H,5-6,9-11,13H2,1-4H3,(H,24,28). The van der Waals surface area contributed by atoms with Crippen LogP contribution in [0.4, 0.5) is 0 Å². The summed E-state index contributed by atoms with van der Waals surface area (Å²) in [6, 6.07) is 5.90. The van der Waals surface area contributed by atoms with Crippen LogP contribution in [0, 0.1) is 5.92 Å². The van der Waals surface area contributed by atoms with Crippen molar-refractivity contribution in [3.05, 3.63) is 24.0 Å². The summed E-state index contributed by atoms with van der Waals surface area (Å²) in [5, 5.41) is 3.88. The third-order valence-electron chi connectivity index (χ3n) is 4.78. The van der Waals surface area contributed by atoms with Gasteiger partial charge in [0.1, 0.15) is 0 Å². The number of nitrogens with one attached hydrogen (secondary N) is 1. The third kappa shape index (κ3) is 4.96. The van der Waals surface area contributed by atoms with Gasteiger partial charge >= 0.3 is 172 Å². The van der Waals surface area contributed by atoms with E-state index in [0.717, 1.165) is 51.0 Å². The fourth-order valence-electron chi connectivity index (χ4n) is 3.30. The van der Waals surface area contributed by atoms with Gasteiger partial charge in [0.2, 0.25) is 0 Å². The Labute approximate surface area is 186 Å². The Morgan fingerprint density at radius 2 is 2.07 bits per heavy atom. The molecule has 8 heteroatoms. The Bertz CT molecular complexity index is 1030. The quantitative estimate of drug-likeness (QED) is 0.363. The molecule has 2 heterocycles. The Kier molecular flexibility index (Phi) is 7.73. The molecule has 0 bridgehead atoms. The van der Waals surface area contributed by atoms with Crippen molar-refractivity contribution in [3.63, 3.8) is 0 Å². The van der Waals surface area contributed by atoms with Gasteiger partial charge in [0.15, 0.2) is 0 Å². The molecule has 30 heavy (non-hydrogen) atoms. The predicted octanol–water partition coefficient (Wildman–Crippen LogP) is 2.48. The Hall–Kier alpha value is -2.11. The number of aromatic nitrogens is 3. The average Bonchev–Trinajstić information content (AvgIpc) is 3.09. The van der Waals surface area contributed by atoms with Crippen LogP contribution in [0.5, 0.6) is 5.75 Å². The van der Waals surface area contributed by atoms with E-state index in [-0.39, 0.29) is 11.8 Å². The number of rotatable bonds is 10. The molecule has 1 N–H and O–H groups in total. The molecule has 0 unspecified atom stereocenters. The SMILES string of the molecule is CCCn1c(COCC)nc2c([As])nc3ccc(OCCNC(=O)C(C)C)cc3c21. The first-order valence-electron chi connectivity index (χ1n) is 10.5. The number of imidazole rings is 1. The number of fused-ring (bicyclic) bond motifs is 3. The molecule has 1 amide bonds. The van der Waals surface area contributed by atoms with Crippen molar-refractivity contribution >= 4 is 49.2 Å². The van der Waals surface area contributed by atoms with Crippen LogP contribution in [0.15, 0.2) is 18.2 Å². The molecule has 7 nitrogen and oxygen atoms in total. The van der Waals surface area contributed by atoms with E-state index < -0.39 is 0 Å². The van der Waals surface area contributed by atoms with E-state index >= 15 is 0 Å². The van der Waals surface area contributed by atoms with Gasteiger partial charge in [-0.05, 0) is 0 Å². The Morgan fingerprint density at radius 3 is 2.77 bits per heavy atom. The first-order chi connectivity index (χ1) is 14.5. The van der Waals surface area contributed by atoms with Crippen LogP contribution in [-0.4, -0.2) is 57.1 Å². The molecule has 0 saturated heterocycles. The van der Waals surface area contributed by atoms with E-state index in [9.17, 15) is 4.79 Å². The molecule has 3 aromatic rings. The first-order valence-corrected chi connectivity index (χ1v) is 11.4. The number of aryl methyl sites for hydroxylation is 1. The van der Waals surface area contributed by atoms with Crippen LogP contribution < -0.4 is 14.5 Å². The maximum absolute atomic E-state index is 11.7. The van der Waals surface area contributed by atoms with E-state index in [1.54, 1.807) is 0 Å². The van der Waals surface area contributed by atoms with Gasteiger partial charge in [-0.2, -0.15) is 0 Å². The van der Waals surface area contributed by atoms with Crippen molar-refractivity contribution in [2.24, 2.45) is 5.92 Å². The minimum atomic E-state index is -0.0311. The topological polar surface area (TPSA) is 78.3 Å². The maximum atomic E-state index is 11.7. The molecule has 160 valence electrons. The van der Waals surface area contributed by atoms with Crippen molar-refractivity contribution in [1.82, 2.24) is 19.9 Å². The molecule has 0 aliphatic heterocycles. The zero-order chi connectivity index (χ0) is 21.7. The second kappa shape index (κ2) is 10.3. The molecule has 3 rings (SSSR count). The number of hydrogen-bond donors (Lipinski definition) is 1. The van der Waals surface area contributed by atoms with Gasteiger partial charge in [-0.1, -0.05) is 13.8 Å². The van der Waals surface area contributed by atoms with Crippen molar-refractivity contribution < 1.29 is 14.3 Å². The molecular weight excluding hydrogens is 443 g/mol. The van der Waals surface area contributed by atoms with Gasteiger partial charge in [-0.25, -0.2) is 0 Å². The number of hydrogen-bond acceptors (Lipinski definition) is 5. The van der Waals surface area contributed by atoms with Gasteiger partial charge in [-0.15, -0.1) is 0 Å². The summed E-state index contributed by atoms with van der Waals surface area (Å²) in [4.78, 5) is 21.2. The van der Waals surface area contributed by atoms with Crippen molar-refractivity contribution in [2.75, 3.05) is 19.8 Å². The van der Waals surface area contributed by atoms with E-state index in [1.807, 2.05) is 39.0 Å². The number of benzene rings is 1. The normalized spacial score (nSPS) is 11.5. The number of ether oxygens (including phenoxy) is 2. The molecule has 2 radical (unpaired) electrons. The summed E-state index contributed by atoms with van der Waals surface area (Å²) in [5.41, 5.74) is 2.84. The molecular formula is C22H29AsN4O3. The van der Waals surface area contributed by atoms with Gasteiger partial charge in [0, 0.05) is 0 Å². The van der Waals surface area contributed by atoms with E-state index in [4.69, 9.17) is 19.4 Å². The van der Waals surface area contributed by atoms with Crippen LogP contribution >= 0.6 is 0 Å². The first kappa shape index (κ1) is 22.6. The number of carbonyl (C=O) groups excluding carboxylic acids is 1. The van der Waals surface area contributed by atoms with Crippen LogP contribution in [-0.2, 0) is 22.7 Å². The van der Waals surface area contributed by atoms with E-state index in [1.165, 1.54) is 0 Å². The third-order valence-corrected chi connectivity index (χ3v) is 5.44. The van der Waals surface area contributed by atoms with Gasteiger partial charge in [-0.3, -0.25) is 0 Å². The summed E-state index contributed by atoms with van der Waals surface area (Å²) >= 11 is 2.53. The zero-order valence-electron chi connectivity index (χ0n) is 18.1. The molecule has 0 atom stereocenters.